The van der Waals surface area contributed by atoms with E-state index in [0.717, 1.165) is 39.1 Å². The van der Waals surface area contributed by atoms with Gasteiger partial charge in [-0.2, -0.15) is 0 Å². The van der Waals surface area contributed by atoms with E-state index in [9.17, 15) is 9.59 Å². The number of carboxylic acids is 1. The van der Waals surface area contributed by atoms with E-state index in [1.54, 1.807) is 4.90 Å². The van der Waals surface area contributed by atoms with Gasteiger partial charge in [0, 0.05) is 32.7 Å². The Kier molecular flexibility index (Phi) is 5.81. The van der Waals surface area contributed by atoms with Crippen LogP contribution in [0.4, 0.5) is 4.79 Å². The Morgan fingerprint density at radius 1 is 1.19 bits per heavy atom. The SMILES string of the molecule is CCCN1CCN(C(=O)N2CCOCC2CC(=O)O)CC1. The van der Waals surface area contributed by atoms with E-state index in [1.807, 2.05) is 4.90 Å². The number of urea groups is 1. The first-order valence-corrected chi connectivity index (χ1v) is 7.69. The van der Waals surface area contributed by atoms with Gasteiger partial charge in [0.25, 0.3) is 0 Å². The molecule has 2 amide bonds. The maximum Gasteiger partial charge on any atom is 0.320 e. The summed E-state index contributed by atoms with van der Waals surface area (Å²) >= 11 is 0. The molecular formula is C14H25N3O4. The summed E-state index contributed by atoms with van der Waals surface area (Å²) in [5.74, 6) is -0.893. The molecule has 120 valence electrons. The van der Waals surface area contributed by atoms with Gasteiger partial charge in [0.15, 0.2) is 0 Å². The molecule has 2 aliphatic rings. The van der Waals surface area contributed by atoms with Gasteiger partial charge in [-0.05, 0) is 13.0 Å². The lowest BCUT2D eigenvalue weighted by atomic mass is 10.1. The predicted octanol–water partition coefficient (Wildman–Crippen LogP) is 0.310. The summed E-state index contributed by atoms with van der Waals surface area (Å²) < 4.78 is 5.32. The van der Waals surface area contributed by atoms with Crippen LogP contribution in [0.3, 0.4) is 0 Å². The van der Waals surface area contributed by atoms with Crippen LogP contribution in [-0.2, 0) is 9.53 Å². The van der Waals surface area contributed by atoms with Crippen LogP contribution in [0.1, 0.15) is 19.8 Å². The van der Waals surface area contributed by atoms with Crippen LogP contribution >= 0.6 is 0 Å². The first-order valence-electron chi connectivity index (χ1n) is 7.69. The van der Waals surface area contributed by atoms with Gasteiger partial charge >= 0.3 is 12.0 Å². The summed E-state index contributed by atoms with van der Waals surface area (Å²) in [6.45, 7) is 7.73. The van der Waals surface area contributed by atoms with Crippen molar-refractivity contribution in [2.75, 3.05) is 52.5 Å². The van der Waals surface area contributed by atoms with Crippen LogP contribution in [0.2, 0.25) is 0 Å². The lowest BCUT2D eigenvalue weighted by Crippen LogP contribution is -2.58. The number of hydrogen-bond acceptors (Lipinski definition) is 4. The van der Waals surface area contributed by atoms with E-state index in [-0.39, 0.29) is 18.5 Å². The minimum atomic E-state index is -0.893. The normalized spacial score (nSPS) is 24.1. The third kappa shape index (κ3) is 4.31. The molecule has 0 radical (unpaired) electrons. The number of ether oxygens (including phenoxy) is 1. The van der Waals surface area contributed by atoms with Gasteiger partial charge in [-0.15, -0.1) is 0 Å². The molecule has 2 heterocycles. The Labute approximate surface area is 125 Å². The van der Waals surface area contributed by atoms with Gasteiger partial charge in [0.2, 0.25) is 0 Å². The zero-order chi connectivity index (χ0) is 15.2. The average Bonchev–Trinajstić information content (AvgIpc) is 2.48. The molecule has 2 fully saturated rings. The maximum absolute atomic E-state index is 12.6. The molecule has 1 unspecified atom stereocenters. The largest absolute Gasteiger partial charge is 0.481 e. The lowest BCUT2D eigenvalue weighted by Gasteiger charge is -2.41. The minimum absolute atomic E-state index is 0.0410. The molecule has 0 aliphatic carbocycles. The number of piperazine rings is 1. The zero-order valence-corrected chi connectivity index (χ0v) is 12.7. The summed E-state index contributed by atoms with van der Waals surface area (Å²) in [5, 5.41) is 8.96. The van der Waals surface area contributed by atoms with Crippen molar-refractivity contribution in [3.63, 3.8) is 0 Å². The van der Waals surface area contributed by atoms with Gasteiger partial charge < -0.3 is 19.6 Å². The lowest BCUT2D eigenvalue weighted by molar-refractivity contribution is -0.139. The molecule has 0 aromatic heterocycles. The number of carbonyl (C=O) groups is 2. The molecule has 7 heteroatoms. The second kappa shape index (κ2) is 7.61. The molecule has 1 atom stereocenters. The Balaban J connectivity index is 1.90. The summed E-state index contributed by atoms with van der Waals surface area (Å²) in [7, 11) is 0. The Morgan fingerprint density at radius 2 is 1.90 bits per heavy atom. The van der Waals surface area contributed by atoms with Crippen LogP contribution in [0.15, 0.2) is 0 Å². The highest BCUT2D eigenvalue weighted by Crippen LogP contribution is 2.15. The average molecular weight is 299 g/mol. The zero-order valence-electron chi connectivity index (χ0n) is 12.7. The van der Waals surface area contributed by atoms with E-state index in [2.05, 4.69) is 11.8 Å². The van der Waals surface area contributed by atoms with E-state index in [4.69, 9.17) is 9.84 Å². The molecule has 0 bridgehead atoms. The van der Waals surface area contributed by atoms with Gasteiger partial charge in [-0.3, -0.25) is 9.69 Å². The molecule has 21 heavy (non-hydrogen) atoms. The quantitative estimate of drug-likeness (QED) is 0.809. The summed E-state index contributed by atoms with van der Waals surface area (Å²) in [4.78, 5) is 29.4. The van der Waals surface area contributed by atoms with Crippen molar-refractivity contribution in [1.82, 2.24) is 14.7 Å². The van der Waals surface area contributed by atoms with Crippen molar-refractivity contribution in [2.24, 2.45) is 0 Å². The van der Waals surface area contributed by atoms with Gasteiger partial charge in [0.1, 0.15) is 0 Å². The van der Waals surface area contributed by atoms with Crippen molar-refractivity contribution < 1.29 is 19.4 Å². The minimum Gasteiger partial charge on any atom is -0.481 e. The van der Waals surface area contributed by atoms with E-state index in [0.29, 0.717) is 19.8 Å². The van der Waals surface area contributed by atoms with Crippen molar-refractivity contribution in [3.8, 4) is 0 Å². The molecule has 2 aliphatic heterocycles. The highest BCUT2D eigenvalue weighted by Gasteiger charge is 2.33. The second-order valence-corrected chi connectivity index (χ2v) is 5.63. The summed E-state index contributed by atoms with van der Waals surface area (Å²) in [6, 6.07) is -0.391. The highest BCUT2D eigenvalue weighted by atomic mass is 16.5. The molecule has 0 aromatic carbocycles. The summed E-state index contributed by atoms with van der Waals surface area (Å²) in [6.07, 6.45) is 1.07. The molecule has 1 N–H and O–H groups in total. The van der Waals surface area contributed by atoms with Crippen LogP contribution in [0.25, 0.3) is 0 Å². The van der Waals surface area contributed by atoms with Crippen LogP contribution in [-0.4, -0.2) is 90.3 Å². The number of carbonyl (C=O) groups excluding carboxylic acids is 1. The van der Waals surface area contributed by atoms with Crippen LogP contribution in [0.5, 0.6) is 0 Å². The van der Waals surface area contributed by atoms with Crippen molar-refractivity contribution >= 4 is 12.0 Å². The standard InChI is InChI=1S/C14H25N3O4/c1-2-3-15-4-6-16(7-5-15)14(20)17-8-9-21-11-12(17)10-13(18)19/h12H,2-11H2,1H3,(H,18,19). The Morgan fingerprint density at radius 3 is 2.52 bits per heavy atom. The fourth-order valence-corrected chi connectivity index (χ4v) is 2.94. The van der Waals surface area contributed by atoms with E-state index in [1.165, 1.54) is 0 Å². The number of amides is 2. The second-order valence-electron chi connectivity index (χ2n) is 5.63. The number of carboxylic acid groups (broad SMARTS) is 1. The number of aliphatic carboxylic acids is 1. The van der Waals surface area contributed by atoms with E-state index >= 15 is 0 Å². The molecule has 7 nitrogen and oxygen atoms in total. The van der Waals surface area contributed by atoms with E-state index < -0.39 is 5.97 Å². The molecule has 2 saturated heterocycles. The third-order valence-corrected chi connectivity index (χ3v) is 4.07. The topological polar surface area (TPSA) is 73.3 Å². The Bertz CT molecular complexity index is 369. The van der Waals surface area contributed by atoms with Crippen LogP contribution in [0, 0.1) is 0 Å². The molecule has 2 rings (SSSR count). The van der Waals surface area contributed by atoms with Crippen molar-refractivity contribution in [2.45, 2.75) is 25.8 Å². The number of morpholine rings is 1. The molecule has 0 spiro atoms. The van der Waals surface area contributed by atoms with Crippen LogP contribution < -0.4 is 0 Å². The predicted molar refractivity (Wildman–Crippen MR) is 77.3 cm³/mol. The Hall–Kier alpha value is -1.34. The number of hydrogen-bond donors (Lipinski definition) is 1. The fourth-order valence-electron chi connectivity index (χ4n) is 2.94. The highest BCUT2D eigenvalue weighted by molar-refractivity contribution is 5.76. The monoisotopic (exact) mass is 299 g/mol. The van der Waals surface area contributed by atoms with Gasteiger partial charge in [-0.25, -0.2) is 4.79 Å². The first kappa shape index (κ1) is 16.0. The van der Waals surface area contributed by atoms with Gasteiger partial charge in [0.05, 0.1) is 25.7 Å². The molecule has 0 saturated carbocycles. The van der Waals surface area contributed by atoms with Gasteiger partial charge in [-0.1, -0.05) is 6.92 Å². The van der Waals surface area contributed by atoms with Crippen molar-refractivity contribution in [1.29, 1.82) is 0 Å². The smallest absolute Gasteiger partial charge is 0.320 e. The maximum atomic E-state index is 12.6. The number of rotatable bonds is 4. The molecule has 0 aromatic rings. The number of nitrogens with zero attached hydrogens (tertiary/aromatic N) is 3. The molecular weight excluding hydrogens is 274 g/mol. The fraction of sp³-hybridized carbons (Fsp3) is 0.857. The summed E-state index contributed by atoms with van der Waals surface area (Å²) in [5.41, 5.74) is 0. The van der Waals surface area contributed by atoms with Crippen molar-refractivity contribution in [3.05, 3.63) is 0 Å². The third-order valence-electron chi connectivity index (χ3n) is 4.07. The first-order chi connectivity index (χ1) is 10.1.